The summed E-state index contributed by atoms with van der Waals surface area (Å²) in [6.45, 7) is 3.83. The Kier molecular flexibility index (Phi) is 5.98. The van der Waals surface area contributed by atoms with Crippen molar-refractivity contribution in [2.75, 3.05) is 39.4 Å². The Morgan fingerprint density at radius 2 is 1.76 bits per heavy atom. The number of hydrogen-bond acceptors (Lipinski definition) is 5. The van der Waals surface area contributed by atoms with Gasteiger partial charge in [-0.05, 0) is 49.1 Å². The molecule has 0 saturated carbocycles. The first-order valence-corrected chi connectivity index (χ1v) is 11.4. The van der Waals surface area contributed by atoms with Gasteiger partial charge in [-0.3, -0.25) is 9.48 Å². The molecule has 4 rings (SSSR count). The molecule has 0 radical (unpaired) electrons. The quantitative estimate of drug-likeness (QED) is 0.734. The number of piperidine rings is 1. The first kappa shape index (κ1) is 20.1. The van der Waals surface area contributed by atoms with Crippen molar-refractivity contribution in [3.8, 4) is 0 Å². The molecular formula is C20H26N4O4S. The number of likely N-dealkylation sites (tertiary alicyclic amines) is 1. The molecule has 8 nitrogen and oxygen atoms in total. The van der Waals surface area contributed by atoms with Crippen molar-refractivity contribution >= 4 is 15.9 Å². The zero-order valence-electron chi connectivity index (χ0n) is 16.3. The van der Waals surface area contributed by atoms with Crippen LogP contribution in [0.15, 0.2) is 47.6 Å². The van der Waals surface area contributed by atoms with E-state index in [1.807, 2.05) is 21.8 Å². The molecule has 2 fully saturated rings. The first-order chi connectivity index (χ1) is 14.0. The number of carbonyl (C=O) groups is 1. The van der Waals surface area contributed by atoms with E-state index in [4.69, 9.17) is 4.74 Å². The lowest BCUT2D eigenvalue weighted by atomic mass is 9.96. The van der Waals surface area contributed by atoms with Gasteiger partial charge in [0.2, 0.25) is 10.0 Å². The van der Waals surface area contributed by atoms with E-state index in [0.29, 0.717) is 50.9 Å². The third-order valence-electron chi connectivity index (χ3n) is 5.62. The Morgan fingerprint density at radius 3 is 2.38 bits per heavy atom. The minimum Gasteiger partial charge on any atom is -0.379 e. The highest BCUT2D eigenvalue weighted by Crippen LogP contribution is 2.22. The summed E-state index contributed by atoms with van der Waals surface area (Å²) in [5, 5.41) is 4.25. The summed E-state index contributed by atoms with van der Waals surface area (Å²) in [5.41, 5.74) is 0.524. The Labute approximate surface area is 171 Å². The summed E-state index contributed by atoms with van der Waals surface area (Å²) in [4.78, 5) is 14.9. The van der Waals surface area contributed by atoms with Crippen molar-refractivity contribution in [2.24, 2.45) is 5.92 Å². The SMILES string of the molecule is O=C(c1ccc(S(=O)(=O)N2CCOCC2)cc1)N1CCC(Cn2cccn2)CC1. The molecule has 2 aliphatic heterocycles. The molecule has 0 N–H and O–H groups in total. The van der Waals surface area contributed by atoms with Crippen molar-refractivity contribution < 1.29 is 17.9 Å². The first-order valence-electron chi connectivity index (χ1n) is 9.99. The Hall–Kier alpha value is -2.23. The third kappa shape index (κ3) is 4.52. The van der Waals surface area contributed by atoms with Crippen LogP contribution in [0, 0.1) is 5.92 Å². The molecular weight excluding hydrogens is 392 g/mol. The van der Waals surface area contributed by atoms with E-state index in [1.54, 1.807) is 18.3 Å². The summed E-state index contributed by atoms with van der Waals surface area (Å²) in [7, 11) is -3.54. The van der Waals surface area contributed by atoms with Gasteiger partial charge in [0.1, 0.15) is 0 Å². The molecule has 0 bridgehead atoms. The van der Waals surface area contributed by atoms with Gasteiger partial charge < -0.3 is 9.64 Å². The van der Waals surface area contributed by atoms with Gasteiger partial charge >= 0.3 is 0 Å². The molecule has 2 saturated heterocycles. The molecule has 0 atom stereocenters. The molecule has 0 aliphatic carbocycles. The second-order valence-electron chi connectivity index (χ2n) is 7.50. The fraction of sp³-hybridized carbons (Fsp3) is 0.500. The van der Waals surface area contributed by atoms with Crippen molar-refractivity contribution in [3.05, 3.63) is 48.3 Å². The van der Waals surface area contributed by atoms with Crippen LogP contribution < -0.4 is 0 Å². The lowest BCUT2D eigenvalue weighted by molar-refractivity contribution is 0.0681. The lowest BCUT2D eigenvalue weighted by Gasteiger charge is -2.32. The number of carbonyl (C=O) groups excluding carboxylic acids is 1. The molecule has 1 amide bonds. The van der Waals surface area contributed by atoms with Crippen LogP contribution in [0.1, 0.15) is 23.2 Å². The average Bonchev–Trinajstić information content (AvgIpc) is 3.27. The molecule has 156 valence electrons. The number of nitrogens with zero attached hydrogens (tertiary/aromatic N) is 4. The van der Waals surface area contributed by atoms with E-state index in [-0.39, 0.29) is 10.8 Å². The van der Waals surface area contributed by atoms with Crippen LogP contribution in [-0.4, -0.2) is 72.7 Å². The predicted octanol–water partition coefficient (Wildman–Crippen LogP) is 1.46. The van der Waals surface area contributed by atoms with E-state index >= 15 is 0 Å². The number of benzene rings is 1. The van der Waals surface area contributed by atoms with E-state index in [0.717, 1.165) is 19.4 Å². The monoisotopic (exact) mass is 418 g/mol. The van der Waals surface area contributed by atoms with E-state index in [1.165, 1.54) is 16.4 Å². The summed E-state index contributed by atoms with van der Waals surface area (Å²) < 4.78 is 34.0. The predicted molar refractivity (Wildman–Crippen MR) is 107 cm³/mol. The zero-order valence-corrected chi connectivity index (χ0v) is 17.1. The van der Waals surface area contributed by atoms with Crippen molar-refractivity contribution in [2.45, 2.75) is 24.3 Å². The van der Waals surface area contributed by atoms with Gasteiger partial charge in [-0.2, -0.15) is 9.40 Å². The van der Waals surface area contributed by atoms with Gasteiger partial charge in [-0.1, -0.05) is 0 Å². The van der Waals surface area contributed by atoms with Crippen LogP contribution >= 0.6 is 0 Å². The number of morpholine rings is 1. The Balaban J connectivity index is 1.36. The highest BCUT2D eigenvalue weighted by molar-refractivity contribution is 7.89. The fourth-order valence-corrected chi connectivity index (χ4v) is 5.29. The summed E-state index contributed by atoms with van der Waals surface area (Å²) in [6, 6.07) is 8.21. The largest absolute Gasteiger partial charge is 0.379 e. The minimum atomic E-state index is -3.54. The number of ether oxygens (including phenoxy) is 1. The van der Waals surface area contributed by atoms with Crippen LogP contribution in [0.3, 0.4) is 0 Å². The molecule has 3 heterocycles. The molecule has 0 spiro atoms. The molecule has 1 aromatic heterocycles. The van der Waals surface area contributed by atoms with Crippen molar-refractivity contribution in [3.63, 3.8) is 0 Å². The zero-order chi connectivity index (χ0) is 20.3. The lowest BCUT2D eigenvalue weighted by Crippen LogP contribution is -2.40. The summed E-state index contributed by atoms with van der Waals surface area (Å²) in [5.74, 6) is 0.470. The molecule has 2 aromatic rings. The molecule has 2 aliphatic rings. The second-order valence-corrected chi connectivity index (χ2v) is 9.44. The van der Waals surface area contributed by atoms with Gasteiger partial charge in [0, 0.05) is 50.7 Å². The topological polar surface area (TPSA) is 84.7 Å². The van der Waals surface area contributed by atoms with Crippen LogP contribution in [0.5, 0.6) is 0 Å². The minimum absolute atomic E-state index is 0.0436. The molecule has 0 unspecified atom stereocenters. The standard InChI is InChI=1S/C20H26N4O4S/c25-20(22-10-6-17(7-11-22)16-23-9-1-8-21-23)18-2-4-19(5-3-18)29(26,27)24-12-14-28-15-13-24/h1-5,8-9,17H,6-7,10-16H2. The summed E-state index contributed by atoms with van der Waals surface area (Å²) in [6.07, 6.45) is 5.62. The van der Waals surface area contributed by atoms with Crippen LogP contribution in [0.4, 0.5) is 0 Å². The maximum absolute atomic E-state index is 12.8. The molecule has 29 heavy (non-hydrogen) atoms. The van der Waals surface area contributed by atoms with Crippen molar-refractivity contribution in [1.82, 2.24) is 19.0 Å². The number of amides is 1. The van der Waals surface area contributed by atoms with Gasteiger partial charge in [0.25, 0.3) is 5.91 Å². The number of sulfonamides is 1. The van der Waals surface area contributed by atoms with E-state index in [2.05, 4.69) is 5.10 Å². The van der Waals surface area contributed by atoms with E-state index < -0.39 is 10.0 Å². The third-order valence-corrected chi connectivity index (χ3v) is 7.53. The van der Waals surface area contributed by atoms with Crippen LogP contribution in [0.2, 0.25) is 0 Å². The summed E-state index contributed by atoms with van der Waals surface area (Å²) >= 11 is 0. The fourth-order valence-electron chi connectivity index (χ4n) is 3.88. The number of aromatic nitrogens is 2. The number of hydrogen-bond donors (Lipinski definition) is 0. The van der Waals surface area contributed by atoms with Crippen molar-refractivity contribution in [1.29, 1.82) is 0 Å². The second kappa shape index (κ2) is 8.64. The maximum atomic E-state index is 12.8. The van der Waals surface area contributed by atoms with Gasteiger partial charge in [0.05, 0.1) is 18.1 Å². The molecule has 9 heteroatoms. The maximum Gasteiger partial charge on any atom is 0.253 e. The Bertz CT molecular complexity index is 914. The highest BCUT2D eigenvalue weighted by atomic mass is 32.2. The molecule has 1 aromatic carbocycles. The normalized spacial score (nSPS) is 19.4. The smallest absolute Gasteiger partial charge is 0.253 e. The van der Waals surface area contributed by atoms with E-state index in [9.17, 15) is 13.2 Å². The average molecular weight is 419 g/mol. The van der Waals surface area contributed by atoms with Gasteiger partial charge in [0.15, 0.2) is 0 Å². The Morgan fingerprint density at radius 1 is 1.07 bits per heavy atom. The van der Waals surface area contributed by atoms with Crippen LogP contribution in [-0.2, 0) is 21.3 Å². The van der Waals surface area contributed by atoms with Crippen LogP contribution in [0.25, 0.3) is 0 Å². The number of rotatable bonds is 5. The highest BCUT2D eigenvalue weighted by Gasteiger charge is 2.27. The van der Waals surface area contributed by atoms with Gasteiger partial charge in [-0.15, -0.1) is 0 Å². The van der Waals surface area contributed by atoms with Gasteiger partial charge in [-0.25, -0.2) is 8.42 Å².